The number of amides is 1. The van der Waals surface area contributed by atoms with Crippen LogP contribution < -0.4 is 0 Å². The molecule has 0 radical (unpaired) electrons. The molecule has 0 aliphatic carbocycles. The van der Waals surface area contributed by atoms with Gasteiger partial charge >= 0.3 is 0 Å². The fourth-order valence-electron chi connectivity index (χ4n) is 1.66. The number of hydrogen-bond acceptors (Lipinski definition) is 2. The molecule has 3 nitrogen and oxygen atoms in total. The van der Waals surface area contributed by atoms with E-state index in [0.29, 0.717) is 19.0 Å². The number of β-amino-alcohol motifs (C(OH)–C–C–N with tert-alkyl or cyclic N) is 1. The Morgan fingerprint density at radius 1 is 1.75 bits per heavy atom. The van der Waals surface area contributed by atoms with E-state index in [1.165, 1.54) is 0 Å². The van der Waals surface area contributed by atoms with Crippen LogP contribution >= 0.6 is 0 Å². The van der Waals surface area contributed by atoms with Gasteiger partial charge in [0.1, 0.15) is 0 Å². The van der Waals surface area contributed by atoms with Crippen LogP contribution in [0.2, 0.25) is 0 Å². The third kappa shape index (κ3) is 2.21. The second-order valence-electron chi connectivity index (χ2n) is 3.64. The lowest BCUT2D eigenvalue weighted by Crippen LogP contribution is -2.45. The number of aliphatic hydroxyl groups is 1. The highest BCUT2D eigenvalue weighted by atomic mass is 16.3. The van der Waals surface area contributed by atoms with Crippen molar-refractivity contribution in [1.29, 1.82) is 0 Å². The Balaban J connectivity index is 2.51. The van der Waals surface area contributed by atoms with Crippen LogP contribution in [0.4, 0.5) is 0 Å². The lowest BCUT2D eigenvalue weighted by Gasteiger charge is -2.34. The summed E-state index contributed by atoms with van der Waals surface area (Å²) < 4.78 is 0. The minimum Gasteiger partial charge on any atom is -0.392 e. The summed E-state index contributed by atoms with van der Waals surface area (Å²) in [5.41, 5.74) is 0. The maximum atomic E-state index is 11.4. The van der Waals surface area contributed by atoms with E-state index in [0.717, 1.165) is 12.8 Å². The summed E-state index contributed by atoms with van der Waals surface area (Å²) in [7, 11) is 0. The van der Waals surface area contributed by atoms with Gasteiger partial charge in [0, 0.05) is 19.0 Å². The first-order valence-corrected chi connectivity index (χ1v) is 4.59. The Morgan fingerprint density at radius 2 is 2.42 bits per heavy atom. The molecule has 1 aliphatic heterocycles. The number of piperidine rings is 1. The molecule has 1 aliphatic rings. The van der Waals surface area contributed by atoms with Gasteiger partial charge < -0.3 is 10.0 Å². The highest BCUT2D eigenvalue weighted by molar-refractivity contribution is 5.77. The van der Waals surface area contributed by atoms with Crippen LogP contribution in [-0.4, -0.2) is 34.6 Å². The molecular formula is C9H17NO2. The Hall–Kier alpha value is -0.570. The van der Waals surface area contributed by atoms with E-state index in [2.05, 4.69) is 0 Å². The molecule has 0 aromatic heterocycles. The van der Waals surface area contributed by atoms with Gasteiger partial charge in [-0.25, -0.2) is 0 Å². The van der Waals surface area contributed by atoms with Crippen LogP contribution in [0.25, 0.3) is 0 Å². The molecule has 2 unspecified atom stereocenters. The smallest absolute Gasteiger partial charge is 0.222 e. The maximum Gasteiger partial charge on any atom is 0.222 e. The molecule has 70 valence electrons. The van der Waals surface area contributed by atoms with E-state index in [1.807, 2.05) is 6.92 Å². The van der Waals surface area contributed by atoms with Gasteiger partial charge in [-0.1, -0.05) is 0 Å². The molecule has 0 aromatic rings. The monoisotopic (exact) mass is 171 g/mol. The van der Waals surface area contributed by atoms with Gasteiger partial charge in [-0.15, -0.1) is 0 Å². The molecule has 1 amide bonds. The quantitative estimate of drug-likeness (QED) is 0.666. The Morgan fingerprint density at radius 3 is 2.92 bits per heavy atom. The van der Waals surface area contributed by atoms with Crippen molar-refractivity contribution in [2.45, 2.75) is 45.3 Å². The molecule has 12 heavy (non-hydrogen) atoms. The van der Waals surface area contributed by atoms with E-state index in [-0.39, 0.29) is 5.91 Å². The lowest BCUT2D eigenvalue weighted by molar-refractivity contribution is -0.137. The first-order valence-electron chi connectivity index (χ1n) is 4.59. The fourth-order valence-corrected chi connectivity index (χ4v) is 1.66. The molecule has 0 bridgehead atoms. The van der Waals surface area contributed by atoms with E-state index in [1.54, 1.807) is 11.8 Å². The minimum absolute atomic E-state index is 0.189. The van der Waals surface area contributed by atoms with Gasteiger partial charge in [0.25, 0.3) is 0 Å². The van der Waals surface area contributed by atoms with Crippen molar-refractivity contribution in [2.24, 2.45) is 0 Å². The minimum atomic E-state index is -0.408. The van der Waals surface area contributed by atoms with Crippen molar-refractivity contribution in [1.82, 2.24) is 4.90 Å². The zero-order chi connectivity index (χ0) is 9.14. The second-order valence-corrected chi connectivity index (χ2v) is 3.64. The van der Waals surface area contributed by atoms with Crippen LogP contribution in [0.15, 0.2) is 0 Å². The molecule has 0 spiro atoms. The van der Waals surface area contributed by atoms with Crippen molar-refractivity contribution in [3.63, 3.8) is 0 Å². The van der Waals surface area contributed by atoms with Gasteiger partial charge in [0.2, 0.25) is 5.91 Å². The third-order valence-electron chi connectivity index (χ3n) is 2.33. The molecule has 1 saturated heterocycles. The summed E-state index contributed by atoms with van der Waals surface area (Å²) >= 11 is 0. The van der Waals surface area contributed by atoms with Crippen molar-refractivity contribution in [2.75, 3.05) is 6.54 Å². The Bertz CT molecular complexity index is 168. The third-order valence-corrected chi connectivity index (χ3v) is 2.33. The van der Waals surface area contributed by atoms with E-state index < -0.39 is 6.10 Å². The summed E-state index contributed by atoms with van der Waals surface area (Å²) in [6, 6.07) is 0.306. The van der Waals surface area contributed by atoms with E-state index in [4.69, 9.17) is 5.11 Å². The average molecular weight is 171 g/mol. The van der Waals surface area contributed by atoms with Gasteiger partial charge in [-0.05, 0) is 26.7 Å². The maximum absolute atomic E-state index is 11.4. The lowest BCUT2D eigenvalue weighted by atomic mass is 10.0. The molecule has 1 N–H and O–H groups in total. The largest absolute Gasteiger partial charge is 0.392 e. The van der Waals surface area contributed by atoms with Crippen LogP contribution in [0.5, 0.6) is 0 Å². The highest BCUT2D eigenvalue weighted by Gasteiger charge is 2.24. The van der Waals surface area contributed by atoms with Crippen LogP contribution in [-0.2, 0) is 4.79 Å². The molecule has 0 aromatic carbocycles. The molecular weight excluding hydrogens is 154 g/mol. The molecule has 1 heterocycles. The van der Waals surface area contributed by atoms with Crippen molar-refractivity contribution < 1.29 is 9.90 Å². The SMILES string of the molecule is CC(O)CN1C(=O)CCCC1C. The van der Waals surface area contributed by atoms with E-state index in [9.17, 15) is 4.79 Å². The topological polar surface area (TPSA) is 40.5 Å². The summed E-state index contributed by atoms with van der Waals surface area (Å²) in [6.07, 6.45) is 2.31. The number of carbonyl (C=O) groups is 1. The van der Waals surface area contributed by atoms with Gasteiger partial charge in [0.15, 0.2) is 0 Å². The predicted molar refractivity (Wildman–Crippen MR) is 46.7 cm³/mol. The van der Waals surface area contributed by atoms with Crippen molar-refractivity contribution in [3.8, 4) is 0 Å². The number of carbonyl (C=O) groups excluding carboxylic acids is 1. The Labute approximate surface area is 73.4 Å². The highest BCUT2D eigenvalue weighted by Crippen LogP contribution is 2.17. The van der Waals surface area contributed by atoms with Crippen LogP contribution in [0.3, 0.4) is 0 Å². The molecule has 1 rings (SSSR count). The number of nitrogens with zero attached hydrogens (tertiary/aromatic N) is 1. The fraction of sp³-hybridized carbons (Fsp3) is 0.889. The zero-order valence-electron chi connectivity index (χ0n) is 7.79. The predicted octanol–water partition coefficient (Wildman–Crippen LogP) is 0.768. The molecule has 2 atom stereocenters. The summed E-state index contributed by atoms with van der Waals surface area (Å²) in [6.45, 7) is 4.24. The zero-order valence-corrected chi connectivity index (χ0v) is 7.79. The van der Waals surface area contributed by atoms with Crippen LogP contribution in [0, 0.1) is 0 Å². The van der Waals surface area contributed by atoms with Crippen molar-refractivity contribution >= 4 is 5.91 Å². The summed E-state index contributed by atoms with van der Waals surface area (Å²) in [5, 5.41) is 9.15. The number of aliphatic hydroxyl groups excluding tert-OH is 1. The number of hydrogen-bond donors (Lipinski definition) is 1. The normalized spacial score (nSPS) is 27.4. The Kier molecular flexibility index (Phi) is 3.09. The van der Waals surface area contributed by atoms with Crippen molar-refractivity contribution in [3.05, 3.63) is 0 Å². The summed E-state index contributed by atoms with van der Waals surface area (Å²) in [4.78, 5) is 13.1. The molecule has 3 heteroatoms. The second kappa shape index (κ2) is 3.90. The first-order chi connectivity index (χ1) is 5.61. The van der Waals surface area contributed by atoms with Gasteiger partial charge in [-0.2, -0.15) is 0 Å². The number of likely N-dealkylation sites (tertiary alicyclic amines) is 1. The van der Waals surface area contributed by atoms with E-state index >= 15 is 0 Å². The molecule has 1 fully saturated rings. The number of rotatable bonds is 2. The first kappa shape index (κ1) is 9.52. The standard InChI is InChI=1S/C9H17NO2/c1-7-4-3-5-9(12)10(7)6-8(2)11/h7-8,11H,3-6H2,1-2H3. The van der Waals surface area contributed by atoms with Gasteiger partial charge in [-0.3, -0.25) is 4.79 Å². The average Bonchev–Trinajstić information content (AvgIpc) is 1.97. The molecule has 0 saturated carbocycles. The summed E-state index contributed by atoms with van der Waals surface area (Å²) in [5.74, 6) is 0.189. The van der Waals surface area contributed by atoms with Gasteiger partial charge in [0.05, 0.1) is 6.10 Å². The van der Waals surface area contributed by atoms with Crippen LogP contribution in [0.1, 0.15) is 33.1 Å².